The van der Waals surface area contributed by atoms with Crippen molar-refractivity contribution in [3.05, 3.63) is 65.7 Å². The highest BCUT2D eigenvalue weighted by atomic mass is 32.2. The van der Waals surface area contributed by atoms with Crippen molar-refractivity contribution in [1.29, 1.82) is 0 Å². The summed E-state index contributed by atoms with van der Waals surface area (Å²) >= 11 is 1.40. The van der Waals surface area contributed by atoms with Crippen LogP contribution in [0.4, 0.5) is 5.95 Å². The van der Waals surface area contributed by atoms with E-state index in [9.17, 15) is 4.79 Å². The molecule has 4 rings (SSSR count). The Labute approximate surface area is 180 Å². The van der Waals surface area contributed by atoms with Gasteiger partial charge in [-0.2, -0.15) is 0 Å². The number of aryl methyl sites for hydroxylation is 1. The minimum absolute atomic E-state index is 0.0319. The third-order valence-electron chi connectivity index (χ3n) is 4.83. The second-order valence-corrected chi connectivity index (χ2v) is 8.05. The molecule has 1 aromatic heterocycles. The molecule has 0 radical (unpaired) electrons. The zero-order chi connectivity index (χ0) is 20.8. The SMILES string of the molecule is Cc1cccc(-n2c(SCC(=O)NCc3ccccc3)nnc2N2CCOCC2)c1. The van der Waals surface area contributed by atoms with E-state index >= 15 is 0 Å². The molecular formula is C22H25N5O2S. The number of anilines is 1. The van der Waals surface area contributed by atoms with Crippen molar-refractivity contribution in [3.63, 3.8) is 0 Å². The Morgan fingerprint density at radius 1 is 1.10 bits per heavy atom. The van der Waals surface area contributed by atoms with Gasteiger partial charge in [0, 0.05) is 19.6 Å². The van der Waals surface area contributed by atoms with E-state index in [1.807, 2.05) is 47.0 Å². The molecule has 7 nitrogen and oxygen atoms in total. The van der Waals surface area contributed by atoms with Crippen LogP contribution in [0.5, 0.6) is 0 Å². The first kappa shape index (κ1) is 20.4. The summed E-state index contributed by atoms with van der Waals surface area (Å²) in [5, 5.41) is 12.5. The van der Waals surface area contributed by atoms with Gasteiger partial charge in [0.05, 0.1) is 24.7 Å². The van der Waals surface area contributed by atoms with Crippen molar-refractivity contribution >= 4 is 23.6 Å². The number of benzene rings is 2. The zero-order valence-electron chi connectivity index (χ0n) is 17.0. The molecule has 0 bridgehead atoms. The van der Waals surface area contributed by atoms with Crippen LogP contribution >= 0.6 is 11.8 Å². The van der Waals surface area contributed by atoms with Gasteiger partial charge in [-0.3, -0.25) is 9.36 Å². The molecule has 1 saturated heterocycles. The number of aromatic nitrogens is 3. The predicted molar refractivity (Wildman–Crippen MR) is 118 cm³/mol. The van der Waals surface area contributed by atoms with Crippen LogP contribution in [0, 0.1) is 6.92 Å². The summed E-state index contributed by atoms with van der Waals surface area (Å²) < 4.78 is 7.51. The Morgan fingerprint density at radius 2 is 1.90 bits per heavy atom. The Morgan fingerprint density at radius 3 is 2.67 bits per heavy atom. The number of ether oxygens (including phenoxy) is 1. The maximum Gasteiger partial charge on any atom is 0.232 e. The summed E-state index contributed by atoms with van der Waals surface area (Å²) in [6, 6.07) is 18.1. The molecule has 2 heterocycles. The summed E-state index contributed by atoms with van der Waals surface area (Å²) in [4.78, 5) is 14.6. The normalized spacial score (nSPS) is 14.0. The molecule has 1 aliphatic heterocycles. The zero-order valence-corrected chi connectivity index (χ0v) is 17.8. The third kappa shape index (κ3) is 5.01. The van der Waals surface area contributed by atoms with Crippen LogP contribution in [-0.4, -0.2) is 52.7 Å². The molecule has 156 valence electrons. The van der Waals surface area contributed by atoms with Crippen molar-refractivity contribution in [1.82, 2.24) is 20.1 Å². The van der Waals surface area contributed by atoms with Crippen molar-refractivity contribution in [2.75, 3.05) is 37.0 Å². The highest BCUT2D eigenvalue weighted by molar-refractivity contribution is 7.99. The lowest BCUT2D eigenvalue weighted by Gasteiger charge is -2.28. The Balaban J connectivity index is 1.49. The molecule has 0 spiro atoms. The smallest absolute Gasteiger partial charge is 0.232 e. The first-order chi connectivity index (χ1) is 14.7. The van der Waals surface area contributed by atoms with Crippen LogP contribution in [0.2, 0.25) is 0 Å². The van der Waals surface area contributed by atoms with E-state index in [0.717, 1.165) is 35.9 Å². The molecule has 1 fully saturated rings. The molecule has 0 unspecified atom stereocenters. The summed E-state index contributed by atoms with van der Waals surface area (Å²) in [5.41, 5.74) is 3.23. The topological polar surface area (TPSA) is 72.3 Å². The number of rotatable bonds is 7. The van der Waals surface area contributed by atoms with Gasteiger partial charge in [-0.05, 0) is 30.2 Å². The highest BCUT2D eigenvalue weighted by Crippen LogP contribution is 2.27. The number of hydrogen-bond acceptors (Lipinski definition) is 6. The Hall–Kier alpha value is -2.84. The largest absolute Gasteiger partial charge is 0.378 e. The number of thioether (sulfide) groups is 1. The first-order valence-electron chi connectivity index (χ1n) is 9.99. The number of amides is 1. The molecule has 3 aromatic rings. The fourth-order valence-electron chi connectivity index (χ4n) is 3.29. The molecule has 8 heteroatoms. The van der Waals surface area contributed by atoms with E-state index in [1.54, 1.807) is 0 Å². The number of nitrogens with zero attached hydrogens (tertiary/aromatic N) is 4. The van der Waals surface area contributed by atoms with Gasteiger partial charge in [-0.15, -0.1) is 10.2 Å². The molecule has 0 atom stereocenters. The minimum atomic E-state index is -0.0319. The van der Waals surface area contributed by atoms with Gasteiger partial charge >= 0.3 is 0 Å². The lowest BCUT2D eigenvalue weighted by Crippen LogP contribution is -2.37. The van der Waals surface area contributed by atoms with E-state index in [-0.39, 0.29) is 11.7 Å². The Bertz CT molecular complexity index is 986. The lowest BCUT2D eigenvalue weighted by molar-refractivity contribution is -0.118. The third-order valence-corrected chi connectivity index (χ3v) is 5.76. The van der Waals surface area contributed by atoms with Gasteiger partial charge in [0.1, 0.15) is 0 Å². The van der Waals surface area contributed by atoms with E-state index in [4.69, 9.17) is 4.74 Å². The summed E-state index contributed by atoms with van der Waals surface area (Å²) in [5.74, 6) is 1.03. The molecule has 30 heavy (non-hydrogen) atoms. The van der Waals surface area contributed by atoms with Crippen LogP contribution < -0.4 is 10.2 Å². The van der Waals surface area contributed by atoms with Crippen LogP contribution in [0.15, 0.2) is 59.8 Å². The molecular weight excluding hydrogens is 398 g/mol. The van der Waals surface area contributed by atoms with Crippen molar-refractivity contribution in [3.8, 4) is 5.69 Å². The van der Waals surface area contributed by atoms with Crippen LogP contribution in [0.1, 0.15) is 11.1 Å². The van der Waals surface area contributed by atoms with E-state index in [1.165, 1.54) is 11.8 Å². The minimum Gasteiger partial charge on any atom is -0.378 e. The molecule has 1 amide bonds. The molecule has 0 aliphatic carbocycles. The lowest BCUT2D eigenvalue weighted by atomic mass is 10.2. The second-order valence-electron chi connectivity index (χ2n) is 7.11. The maximum atomic E-state index is 12.4. The number of carbonyl (C=O) groups is 1. The predicted octanol–water partition coefficient (Wildman–Crippen LogP) is 2.82. The van der Waals surface area contributed by atoms with Gasteiger partial charge in [0.2, 0.25) is 11.9 Å². The van der Waals surface area contributed by atoms with Gasteiger partial charge in [-0.1, -0.05) is 54.2 Å². The second kappa shape index (κ2) is 9.77. The molecule has 2 aromatic carbocycles. The van der Waals surface area contributed by atoms with E-state index < -0.39 is 0 Å². The fourth-order valence-corrected chi connectivity index (χ4v) is 4.07. The summed E-state index contributed by atoms with van der Waals surface area (Å²) in [6.07, 6.45) is 0. The molecule has 1 aliphatic rings. The monoisotopic (exact) mass is 423 g/mol. The summed E-state index contributed by atoms with van der Waals surface area (Å²) in [6.45, 7) is 5.46. The maximum absolute atomic E-state index is 12.4. The standard InChI is InChI=1S/C22H25N5O2S/c1-17-6-5-9-19(14-17)27-21(26-10-12-29-13-11-26)24-25-22(27)30-16-20(28)23-15-18-7-3-2-4-8-18/h2-9,14H,10-13,15-16H2,1H3,(H,23,28). The number of carbonyl (C=O) groups excluding carboxylic acids is 1. The average molecular weight is 424 g/mol. The fraction of sp³-hybridized carbons (Fsp3) is 0.318. The number of nitrogens with one attached hydrogen (secondary N) is 1. The van der Waals surface area contributed by atoms with Gasteiger partial charge in [0.25, 0.3) is 0 Å². The number of morpholine rings is 1. The van der Waals surface area contributed by atoms with Crippen molar-refractivity contribution < 1.29 is 9.53 Å². The number of hydrogen-bond donors (Lipinski definition) is 1. The quantitative estimate of drug-likeness (QED) is 0.589. The first-order valence-corrected chi connectivity index (χ1v) is 11.0. The molecule has 0 saturated carbocycles. The average Bonchev–Trinajstić information content (AvgIpc) is 3.21. The van der Waals surface area contributed by atoms with Crippen molar-refractivity contribution in [2.24, 2.45) is 0 Å². The van der Waals surface area contributed by atoms with E-state index in [2.05, 4.69) is 39.5 Å². The summed E-state index contributed by atoms with van der Waals surface area (Å²) in [7, 11) is 0. The van der Waals surface area contributed by atoms with E-state index in [0.29, 0.717) is 24.9 Å². The van der Waals surface area contributed by atoms with Crippen LogP contribution in [0.3, 0.4) is 0 Å². The highest BCUT2D eigenvalue weighted by Gasteiger charge is 2.22. The molecule has 1 N–H and O–H groups in total. The van der Waals surface area contributed by atoms with Gasteiger partial charge in [-0.25, -0.2) is 0 Å². The Kier molecular flexibility index (Phi) is 6.66. The van der Waals surface area contributed by atoms with Crippen molar-refractivity contribution in [2.45, 2.75) is 18.6 Å². The van der Waals surface area contributed by atoms with Gasteiger partial charge < -0.3 is 15.0 Å². The van der Waals surface area contributed by atoms with Crippen LogP contribution in [0.25, 0.3) is 5.69 Å². The van der Waals surface area contributed by atoms with Gasteiger partial charge in [0.15, 0.2) is 5.16 Å². The van der Waals surface area contributed by atoms with Crippen LogP contribution in [-0.2, 0) is 16.1 Å².